The molecule has 0 fully saturated rings. The molecule has 1 N–H and O–H groups in total. The van der Waals surface area contributed by atoms with Gasteiger partial charge in [-0.05, 0) is 132 Å². The molecule has 4 heterocycles. The van der Waals surface area contributed by atoms with E-state index in [0.717, 1.165) is 0 Å². The first-order valence-electron chi connectivity index (χ1n) is 22.8. The number of hydrogen-bond donors (Lipinski definition) is 1. The highest BCUT2D eigenvalue weighted by atomic mass is 32.1. The topological polar surface area (TPSA) is 24.3 Å². The van der Waals surface area contributed by atoms with Crippen molar-refractivity contribution in [3.63, 3.8) is 0 Å². The lowest BCUT2D eigenvalue weighted by Gasteiger charge is -2.21. The summed E-state index contributed by atoms with van der Waals surface area (Å²) in [5, 5.41) is 10.6. The second-order valence-electron chi connectivity index (χ2n) is 19.6. The first-order chi connectivity index (χ1) is 29.3. The molecule has 0 amide bonds. The van der Waals surface area contributed by atoms with Crippen molar-refractivity contribution in [3.8, 4) is 33.4 Å². The van der Waals surface area contributed by atoms with Gasteiger partial charge in [-0.1, -0.05) is 155 Å². The minimum absolute atomic E-state index is 0.373. The zero-order valence-corrected chi connectivity index (χ0v) is 38.9. The highest BCUT2D eigenvalue weighted by molar-refractivity contribution is 7.26. The number of fused-ring (bicyclic) bond motifs is 3. The van der Waals surface area contributed by atoms with Crippen molar-refractivity contribution in [2.45, 2.75) is 119 Å². The minimum Gasteiger partial charge on any atom is -0.133 e. The highest BCUT2D eigenvalue weighted by Crippen LogP contribution is 2.51. The largest absolute Gasteiger partial charge is 0.180 e. The van der Waals surface area contributed by atoms with Crippen molar-refractivity contribution >= 4 is 64.2 Å². The van der Waals surface area contributed by atoms with E-state index in [1.165, 1.54) is 120 Å². The summed E-state index contributed by atoms with van der Waals surface area (Å²) in [6.07, 6.45) is 2.29. The fourth-order valence-electron chi connectivity index (χ4n) is 10.8. The average Bonchev–Trinajstić information content (AvgIpc) is 3.73. The maximum absolute atomic E-state index is 4.03. The van der Waals surface area contributed by atoms with Gasteiger partial charge in [-0.2, -0.15) is 0 Å². The standard InChI is InChI=1S/C57H60N3S/c1-30(2)37-16-13-17-38(31(3)4)50(37)36-22-24-48-45(28-36)47-29-46(52-41(34(9)10)20-15-21-42(52)35(11)12)43-23-25-49-54-53(43)55(47)60(48)58-59-27-26-44(57(61-49)56(54)59)51-39(32(5)6)18-14-19-40(51)33(7)8/h13-35,58H,1-12H3/q+1. The van der Waals surface area contributed by atoms with Crippen LogP contribution in [0, 0.1) is 0 Å². The fourth-order valence-corrected chi connectivity index (χ4v) is 12.0. The van der Waals surface area contributed by atoms with Gasteiger partial charge in [0, 0.05) is 26.4 Å². The molecule has 0 aliphatic carbocycles. The predicted molar refractivity (Wildman–Crippen MR) is 265 cm³/mol. The Balaban J connectivity index is 1.42. The van der Waals surface area contributed by atoms with Gasteiger partial charge in [-0.3, -0.25) is 0 Å². The molecule has 10 aromatic rings. The lowest BCUT2D eigenvalue weighted by Crippen LogP contribution is -2.26. The third-order valence-electron chi connectivity index (χ3n) is 13.7. The summed E-state index contributed by atoms with van der Waals surface area (Å²) in [4.78, 5) is 0. The van der Waals surface area contributed by atoms with Gasteiger partial charge in [0.2, 0.25) is 0 Å². The van der Waals surface area contributed by atoms with Crippen molar-refractivity contribution in [1.29, 1.82) is 0 Å². The van der Waals surface area contributed by atoms with Crippen LogP contribution in [0.4, 0.5) is 0 Å². The number of aromatic nitrogens is 3. The number of H-pyrrole nitrogens is 1. The van der Waals surface area contributed by atoms with Crippen LogP contribution in [-0.2, 0) is 0 Å². The molecule has 3 nitrogen and oxygen atoms in total. The minimum atomic E-state index is 0.373. The van der Waals surface area contributed by atoms with Crippen LogP contribution >= 0.6 is 11.3 Å². The highest BCUT2D eigenvalue weighted by Gasteiger charge is 2.30. The molecule has 6 aromatic carbocycles. The normalized spacial score (nSPS) is 12.8. The number of rotatable bonds is 9. The molecule has 0 aliphatic rings. The van der Waals surface area contributed by atoms with Crippen LogP contribution in [0.5, 0.6) is 0 Å². The van der Waals surface area contributed by atoms with Crippen LogP contribution in [0.1, 0.15) is 152 Å². The molecule has 4 heteroatoms. The summed E-state index contributed by atoms with van der Waals surface area (Å²) in [6.45, 7) is 28.1. The Morgan fingerprint density at radius 1 is 0.475 bits per heavy atom. The second kappa shape index (κ2) is 14.6. The van der Waals surface area contributed by atoms with E-state index in [1.54, 1.807) is 0 Å². The Bertz CT molecular complexity index is 3240. The van der Waals surface area contributed by atoms with E-state index < -0.39 is 0 Å². The van der Waals surface area contributed by atoms with Crippen LogP contribution in [0.3, 0.4) is 0 Å². The third kappa shape index (κ3) is 5.92. The van der Waals surface area contributed by atoms with E-state index in [2.05, 4.69) is 201 Å². The van der Waals surface area contributed by atoms with Crippen molar-refractivity contribution in [2.24, 2.45) is 0 Å². The summed E-state index contributed by atoms with van der Waals surface area (Å²) in [6, 6.07) is 38.0. The Labute approximate surface area is 365 Å². The zero-order chi connectivity index (χ0) is 42.8. The number of pyridine rings is 1. The van der Waals surface area contributed by atoms with Gasteiger partial charge in [0.1, 0.15) is 6.20 Å². The monoisotopic (exact) mass is 818 g/mol. The van der Waals surface area contributed by atoms with Gasteiger partial charge >= 0.3 is 0 Å². The molecule has 0 bridgehead atoms. The molecule has 61 heavy (non-hydrogen) atoms. The van der Waals surface area contributed by atoms with Gasteiger partial charge in [0.05, 0.1) is 10.1 Å². The number of aromatic amines is 1. The van der Waals surface area contributed by atoms with E-state index in [0.29, 0.717) is 35.5 Å². The maximum Gasteiger partial charge on any atom is 0.180 e. The molecule has 10 rings (SSSR count). The predicted octanol–water partition coefficient (Wildman–Crippen LogP) is 16.9. The number of benzene rings is 6. The first kappa shape index (κ1) is 39.7. The van der Waals surface area contributed by atoms with Crippen molar-refractivity contribution < 1.29 is 4.52 Å². The summed E-state index contributed by atoms with van der Waals surface area (Å²) in [5.74, 6) is 2.37. The van der Waals surface area contributed by atoms with Crippen LogP contribution in [0.15, 0.2) is 103 Å². The molecule has 4 aromatic heterocycles. The van der Waals surface area contributed by atoms with Crippen molar-refractivity contribution in [3.05, 3.63) is 137 Å². The molecule has 0 saturated heterocycles. The number of nitrogens with one attached hydrogen (secondary N) is 1. The first-order valence-corrected chi connectivity index (χ1v) is 23.6. The number of hydrogen-bond acceptors (Lipinski definition) is 1. The molecule has 0 atom stereocenters. The van der Waals surface area contributed by atoms with Gasteiger partial charge in [0.25, 0.3) is 0 Å². The van der Waals surface area contributed by atoms with Crippen LogP contribution < -0.4 is 4.52 Å². The van der Waals surface area contributed by atoms with Gasteiger partial charge in [-0.15, -0.1) is 20.4 Å². The molecular weight excluding hydrogens is 759 g/mol. The lowest BCUT2D eigenvalue weighted by atomic mass is 9.82. The number of thiophene rings is 1. The van der Waals surface area contributed by atoms with E-state index in [-0.39, 0.29) is 0 Å². The van der Waals surface area contributed by atoms with Crippen LogP contribution in [0.2, 0.25) is 0 Å². The quantitative estimate of drug-likeness (QED) is 0.140. The van der Waals surface area contributed by atoms with E-state index in [1.807, 2.05) is 11.3 Å². The molecule has 0 radical (unpaired) electrons. The lowest BCUT2D eigenvalue weighted by molar-refractivity contribution is -0.585. The van der Waals surface area contributed by atoms with Gasteiger partial charge in [0.15, 0.2) is 16.6 Å². The second-order valence-corrected chi connectivity index (χ2v) is 20.6. The SMILES string of the molecule is CC(C)c1cccc(C(C)C)c1-c1ccc2c(c1)c1cc(-c3c(C(C)C)cccc3C(C)C)c3ccc4sc5c(-c6c(C(C)C)cccc6C(C)C)cc[n+]6[nH]n2c1c3c4c56. The molecular formula is C57H60N3S+. The summed E-state index contributed by atoms with van der Waals surface area (Å²) < 4.78 is 7.38. The summed E-state index contributed by atoms with van der Waals surface area (Å²) in [7, 11) is 0. The Morgan fingerprint density at radius 3 is 1.51 bits per heavy atom. The molecule has 0 aliphatic heterocycles. The Morgan fingerprint density at radius 2 is 0.984 bits per heavy atom. The van der Waals surface area contributed by atoms with E-state index in [4.69, 9.17) is 0 Å². The smallest absolute Gasteiger partial charge is 0.133 e. The van der Waals surface area contributed by atoms with Crippen molar-refractivity contribution in [1.82, 2.24) is 9.73 Å². The number of nitrogens with zero attached hydrogens (tertiary/aromatic N) is 2. The van der Waals surface area contributed by atoms with Crippen LogP contribution in [-0.4, -0.2) is 9.73 Å². The van der Waals surface area contributed by atoms with Gasteiger partial charge in [-0.25, -0.2) is 0 Å². The summed E-state index contributed by atoms with van der Waals surface area (Å²) >= 11 is 1.95. The van der Waals surface area contributed by atoms with Gasteiger partial charge < -0.3 is 0 Å². The van der Waals surface area contributed by atoms with E-state index in [9.17, 15) is 0 Å². The molecule has 0 unspecified atom stereocenters. The van der Waals surface area contributed by atoms with Crippen LogP contribution in [0.25, 0.3) is 86.3 Å². The molecule has 308 valence electrons. The zero-order valence-electron chi connectivity index (χ0n) is 38.1. The third-order valence-corrected chi connectivity index (χ3v) is 14.9. The van der Waals surface area contributed by atoms with Crippen molar-refractivity contribution in [2.75, 3.05) is 0 Å². The van der Waals surface area contributed by atoms with E-state index >= 15 is 0 Å². The fraction of sp³-hybridized carbons (Fsp3) is 0.316. The summed E-state index contributed by atoms with van der Waals surface area (Å²) in [5.41, 5.74) is 20.3. The Hall–Kier alpha value is -5.45. The molecule has 0 spiro atoms. The Kier molecular flexibility index (Phi) is 9.49. The molecule has 0 saturated carbocycles. The average molecular weight is 819 g/mol. The maximum atomic E-state index is 4.03.